The van der Waals surface area contributed by atoms with Crippen LogP contribution in [0.15, 0.2) is 144 Å². The number of nitrogens with zero attached hydrogens (tertiary/aromatic N) is 2. The van der Waals surface area contributed by atoms with Crippen molar-refractivity contribution in [1.82, 2.24) is 9.97 Å². The summed E-state index contributed by atoms with van der Waals surface area (Å²) in [5.74, 6) is 2.19. The van der Waals surface area contributed by atoms with Gasteiger partial charge in [-0.25, -0.2) is 9.97 Å². The van der Waals surface area contributed by atoms with Gasteiger partial charge >= 0.3 is 0 Å². The molecule has 1 aromatic heterocycles. The molecular weight excluding hydrogens is 613 g/mol. The fourth-order valence-electron chi connectivity index (χ4n) is 8.42. The third-order valence-corrected chi connectivity index (χ3v) is 12.5. The molecule has 49 heavy (non-hydrogen) atoms. The molecule has 4 atom stereocenters. The van der Waals surface area contributed by atoms with Crippen LogP contribution in [0.2, 0.25) is 0 Å². The Bertz CT molecular complexity index is 2050. The minimum absolute atomic E-state index is 0.351. The summed E-state index contributed by atoms with van der Waals surface area (Å²) >= 11 is 2.06. The summed E-state index contributed by atoms with van der Waals surface area (Å²) in [7, 11) is 0. The molecule has 6 aliphatic rings. The third-order valence-electron chi connectivity index (χ3n) is 11.0. The Labute approximate surface area is 295 Å². The summed E-state index contributed by atoms with van der Waals surface area (Å²) in [4.78, 5) is 12.4. The Morgan fingerprint density at radius 3 is 2.41 bits per heavy atom. The molecule has 9 rings (SSSR count). The van der Waals surface area contributed by atoms with Crippen molar-refractivity contribution in [1.29, 1.82) is 0 Å². The SMILES string of the molecule is C1=CCCC(c2nc(C3=CCC(c4ccc(C5=CCCC6=C5SC5C=CC=CC65)cc4)C=C3)nc(C3CC=CCC3)c2-c2ccccc2)=C1. The first-order valence-corrected chi connectivity index (χ1v) is 19.1. The zero-order chi connectivity index (χ0) is 32.6. The molecule has 2 heterocycles. The average Bonchev–Trinajstić information content (AvgIpc) is 3.58. The molecule has 2 aromatic carbocycles. The average molecular weight is 655 g/mol. The van der Waals surface area contributed by atoms with Gasteiger partial charge in [0.25, 0.3) is 0 Å². The molecule has 4 unspecified atom stereocenters. The van der Waals surface area contributed by atoms with Crippen LogP contribution in [-0.2, 0) is 0 Å². The van der Waals surface area contributed by atoms with Crippen molar-refractivity contribution < 1.29 is 0 Å². The molecular formula is C46H42N2S. The van der Waals surface area contributed by atoms with Crippen molar-refractivity contribution in [3.8, 4) is 11.1 Å². The fraction of sp³-hybridized carbons (Fsp3) is 0.261. The van der Waals surface area contributed by atoms with Crippen molar-refractivity contribution in [2.24, 2.45) is 5.92 Å². The number of fused-ring (bicyclic) bond motifs is 2. The van der Waals surface area contributed by atoms with Gasteiger partial charge in [0.15, 0.2) is 5.82 Å². The molecule has 0 saturated heterocycles. The van der Waals surface area contributed by atoms with Gasteiger partial charge in [0, 0.05) is 39.0 Å². The molecule has 5 aliphatic carbocycles. The van der Waals surface area contributed by atoms with E-state index in [2.05, 4.69) is 145 Å². The second kappa shape index (κ2) is 13.4. The first-order valence-electron chi connectivity index (χ1n) is 18.2. The fourth-order valence-corrected chi connectivity index (χ4v) is 9.98. The number of thioether (sulfide) groups is 1. The first-order chi connectivity index (χ1) is 24.3. The predicted octanol–water partition coefficient (Wildman–Crippen LogP) is 12.1. The zero-order valence-electron chi connectivity index (χ0n) is 28.0. The van der Waals surface area contributed by atoms with E-state index in [0.29, 0.717) is 23.0 Å². The Kier molecular flexibility index (Phi) is 8.39. The number of allylic oxidation sites excluding steroid dienone is 16. The van der Waals surface area contributed by atoms with E-state index in [1.807, 2.05) is 0 Å². The molecule has 1 aliphatic heterocycles. The van der Waals surface area contributed by atoms with E-state index >= 15 is 0 Å². The zero-order valence-corrected chi connectivity index (χ0v) is 28.8. The molecule has 3 heteroatoms. The molecule has 242 valence electrons. The summed E-state index contributed by atoms with van der Waals surface area (Å²) in [5, 5.41) is 0.561. The Morgan fingerprint density at radius 2 is 1.61 bits per heavy atom. The van der Waals surface area contributed by atoms with Crippen LogP contribution in [0.1, 0.15) is 91.5 Å². The van der Waals surface area contributed by atoms with Crippen LogP contribution in [-0.4, -0.2) is 15.2 Å². The highest BCUT2D eigenvalue weighted by Crippen LogP contribution is 2.53. The van der Waals surface area contributed by atoms with Crippen molar-refractivity contribution in [2.45, 2.75) is 68.5 Å². The second-order valence-corrected chi connectivity index (χ2v) is 15.2. The van der Waals surface area contributed by atoms with Crippen molar-refractivity contribution >= 4 is 28.5 Å². The molecule has 0 fully saturated rings. The smallest absolute Gasteiger partial charge is 0.159 e. The summed E-state index contributed by atoms with van der Waals surface area (Å²) in [6.07, 6.45) is 38.7. The lowest BCUT2D eigenvalue weighted by molar-refractivity contribution is 0.599. The van der Waals surface area contributed by atoms with Crippen LogP contribution in [0, 0.1) is 5.92 Å². The van der Waals surface area contributed by atoms with Crippen LogP contribution in [0.25, 0.3) is 27.8 Å². The number of rotatable bonds is 6. The van der Waals surface area contributed by atoms with Crippen LogP contribution < -0.4 is 0 Å². The van der Waals surface area contributed by atoms with Gasteiger partial charge in [0.1, 0.15) is 0 Å². The number of hydrogen-bond acceptors (Lipinski definition) is 3. The molecule has 0 amide bonds. The maximum absolute atomic E-state index is 5.44. The van der Waals surface area contributed by atoms with Crippen LogP contribution in [0.3, 0.4) is 0 Å². The highest BCUT2D eigenvalue weighted by Gasteiger charge is 2.36. The second-order valence-electron chi connectivity index (χ2n) is 14.0. The van der Waals surface area contributed by atoms with Gasteiger partial charge in [-0.05, 0) is 84.8 Å². The summed E-state index contributed by atoms with van der Waals surface area (Å²) in [5.41, 5.74) is 13.0. The molecule has 0 saturated carbocycles. The Hall–Kier alpha value is -4.47. The van der Waals surface area contributed by atoms with E-state index in [1.54, 1.807) is 5.57 Å². The Morgan fingerprint density at radius 1 is 0.714 bits per heavy atom. The monoisotopic (exact) mass is 654 g/mol. The summed E-state index contributed by atoms with van der Waals surface area (Å²) < 4.78 is 0. The molecule has 0 spiro atoms. The minimum Gasteiger partial charge on any atom is -0.232 e. The quantitative estimate of drug-likeness (QED) is 0.247. The van der Waals surface area contributed by atoms with Gasteiger partial charge in [-0.2, -0.15) is 0 Å². The van der Waals surface area contributed by atoms with E-state index < -0.39 is 0 Å². The first kappa shape index (κ1) is 30.6. The number of aromatic nitrogens is 2. The number of hydrogen-bond donors (Lipinski definition) is 0. The van der Waals surface area contributed by atoms with E-state index in [4.69, 9.17) is 9.97 Å². The normalized spacial score (nSPS) is 25.5. The topological polar surface area (TPSA) is 25.8 Å². The predicted molar refractivity (Wildman–Crippen MR) is 208 cm³/mol. The van der Waals surface area contributed by atoms with Gasteiger partial charge in [-0.15, -0.1) is 11.8 Å². The van der Waals surface area contributed by atoms with Gasteiger partial charge < -0.3 is 0 Å². The van der Waals surface area contributed by atoms with Crippen molar-refractivity contribution in [3.63, 3.8) is 0 Å². The van der Waals surface area contributed by atoms with Crippen LogP contribution >= 0.6 is 11.8 Å². The molecule has 0 bridgehead atoms. The van der Waals surface area contributed by atoms with Gasteiger partial charge in [-0.1, -0.05) is 134 Å². The highest BCUT2D eigenvalue weighted by molar-refractivity contribution is 8.04. The number of benzene rings is 2. The lowest BCUT2D eigenvalue weighted by Gasteiger charge is -2.25. The van der Waals surface area contributed by atoms with Gasteiger partial charge in [-0.3, -0.25) is 0 Å². The summed E-state index contributed by atoms with van der Waals surface area (Å²) in [6.45, 7) is 0. The van der Waals surface area contributed by atoms with Crippen molar-refractivity contribution in [3.05, 3.63) is 172 Å². The molecule has 2 nitrogen and oxygen atoms in total. The molecule has 0 N–H and O–H groups in total. The lowest BCUT2D eigenvalue weighted by atomic mass is 9.83. The van der Waals surface area contributed by atoms with Crippen molar-refractivity contribution in [2.75, 3.05) is 0 Å². The minimum atomic E-state index is 0.351. The summed E-state index contributed by atoms with van der Waals surface area (Å²) in [6, 6.07) is 20.3. The molecule has 0 radical (unpaired) electrons. The maximum Gasteiger partial charge on any atom is 0.159 e. The Balaban J connectivity index is 1.01. The molecule has 3 aromatic rings. The largest absolute Gasteiger partial charge is 0.232 e. The maximum atomic E-state index is 5.44. The van der Waals surface area contributed by atoms with E-state index in [1.165, 1.54) is 50.4 Å². The van der Waals surface area contributed by atoms with Gasteiger partial charge in [0.2, 0.25) is 0 Å². The van der Waals surface area contributed by atoms with E-state index in [0.717, 1.165) is 62.0 Å². The van der Waals surface area contributed by atoms with Crippen LogP contribution in [0.5, 0.6) is 0 Å². The lowest BCUT2D eigenvalue weighted by Crippen LogP contribution is -2.13. The van der Waals surface area contributed by atoms with E-state index in [-0.39, 0.29) is 0 Å². The third kappa shape index (κ3) is 5.93. The van der Waals surface area contributed by atoms with E-state index in [9.17, 15) is 0 Å². The van der Waals surface area contributed by atoms with Gasteiger partial charge in [0.05, 0.1) is 11.4 Å². The van der Waals surface area contributed by atoms with Crippen LogP contribution in [0.4, 0.5) is 0 Å². The standard InChI is InChI=1S/C46H42N2S/c1-4-13-34(14-5-1)42-43(35-15-6-2-7-16-35)47-46(48-44(42)36-17-8-3-9-18-36)37-29-25-32(26-30-37)31-23-27-33(28-24-31)38-20-12-21-40-39-19-10-11-22-41(39)49-45(38)40/h1-6,8,10-11,13-15,19-20,22-25,27-30,32,36,39,41H,7,9,12,16-18,21,26H2. The highest BCUT2D eigenvalue weighted by atomic mass is 32.2.